The quantitative estimate of drug-likeness (QED) is 0.754. The van der Waals surface area contributed by atoms with E-state index in [1.54, 1.807) is 0 Å². The summed E-state index contributed by atoms with van der Waals surface area (Å²) in [4.78, 5) is 2.56. The van der Waals surface area contributed by atoms with Gasteiger partial charge in [-0.3, -0.25) is 4.90 Å². The zero-order valence-electron chi connectivity index (χ0n) is 13.0. The molecule has 3 nitrogen and oxygen atoms in total. The highest BCUT2D eigenvalue weighted by Crippen LogP contribution is 2.41. The maximum atomic E-state index is 10.0. The fourth-order valence-electron chi connectivity index (χ4n) is 3.97. The predicted octanol–water partition coefficient (Wildman–Crippen LogP) is 2.25. The molecular weight excluding hydrogens is 236 g/mol. The molecule has 0 spiro atoms. The first-order valence-electron chi connectivity index (χ1n) is 8.05. The fourth-order valence-corrected chi connectivity index (χ4v) is 3.97. The van der Waals surface area contributed by atoms with Gasteiger partial charge in [0.25, 0.3) is 0 Å². The molecule has 2 unspecified atom stereocenters. The minimum Gasteiger partial charge on any atom is -0.394 e. The standard InChI is InChI=1S/C16H32N2O/c1-15(2,3)14-5-4-7-16(13-19,8-6-14)18-11-9-17-10-12-18/h14,17,19H,4-13H2,1-3H3. The molecule has 1 saturated carbocycles. The number of piperazine rings is 1. The molecule has 3 heteroatoms. The van der Waals surface area contributed by atoms with Gasteiger partial charge >= 0.3 is 0 Å². The van der Waals surface area contributed by atoms with Crippen LogP contribution < -0.4 is 5.32 Å². The zero-order chi connectivity index (χ0) is 13.9. The van der Waals surface area contributed by atoms with Gasteiger partial charge in [-0.15, -0.1) is 0 Å². The van der Waals surface area contributed by atoms with Gasteiger partial charge in [0.1, 0.15) is 0 Å². The molecule has 1 aliphatic heterocycles. The number of nitrogens with one attached hydrogen (secondary N) is 1. The summed E-state index contributed by atoms with van der Waals surface area (Å²) in [5, 5.41) is 13.5. The minimum atomic E-state index is 0.0715. The fraction of sp³-hybridized carbons (Fsp3) is 1.00. The Hall–Kier alpha value is -0.120. The normalized spacial score (nSPS) is 35.1. The third-order valence-corrected chi connectivity index (χ3v) is 5.46. The molecule has 0 radical (unpaired) electrons. The van der Waals surface area contributed by atoms with E-state index >= 15 is 0 Å². The lowest BCUT2D eigenvalue weighted by molar-refractivity contribution is 0.00706. The van der Waals surface area contributed by atoms with Crippen molar-refractivity contribution in [2.24, 2.45) is 11.3 Å². The van der Waals surface area contributed by atoms with Crippen molar-refractivity contribution in [3.63, 3.8) is 0 Å². The molecule has 0 aromatic rings. The topological polar surface area (TPSA) is 35.5 Å². The van der Waals surface area contributed by atoms with Crippen LogP contribution in [-0.4, -0.2) is 48.3 Å². The third-order valence-electron chi connectivity index (χ3n) is 5.46. The van der Waals surface area contributed by atoms with Gasteiger partial charge in [-0.05, 0) is 37.0 Å². The van der Waals surface area contributed by atoms with Crippen molar-refractivity contribution in [3.05, 3.63) is 0 Å². The van der Waals surface area contributed by atoms with E-state index in [-0.39, 0.29) is 5.54 Å². The average molecular weight is 268 g/mol. The van der Waals surface area contributed by atoms with E-state index in [1.807, 2.05) is 0 Å². The average Bonchev–Trinajstić information content (AvgIpc) is 2.62. The van der Waals surface area contributed by atoms with Crippen LogP contribution in [0, 0.1) is 11.3 Å². The molecule has 0 bridgehead atoms. The Morgan fingerprint density at radius 2 is 1.84 bits per heavy atom. The van der Waals surface area contributed by atoms with E-state index in [4.69, 9.17) is 0 Å². The molecule has 2 N–H and O–H groups in total. The first-order chi connectivity index (χ1) is 8.98. The summed E-state index contributed by atoms with van der Waals surface area (Å²) in [6.45, 7) is 11.8. The van der Waals surface area contributed by atoms with Crippen LogP contribution in [0.4, 0.5) is 0 Å². The monoisotopic (exact) mass is 268 g/mol. The third kappa shape index (κ3) is 3.50. The van der Waals surface area contributed by atoms with Gasteiger partial charge in [0.05, 0.1) is 6.61 Å². The van der Waals surface area contributed by atoms with Crippen molar-refractivity contribution in [2.75, 3.05) is 32.8 Å². The molecular formula is C16H32N2O. The molecule has 2 atom stereocenters. The number of aliphatic hydroxyl groups excluding tert-OH is 1. The van der Waals surface area contributed by atoms with Crippen LogP contribution in [0.1, 0.15) is 52.9 Å². The van der Waals surface area contributed by atoms with E-state index in [0.29, 0.717) is 12.0 Å². The van der Waals surface area contributed by atoms with Gasteiger partial charge < -0.3 is 10.4 Å². The molecule has 2 aliphatic rings. The smallest absolute Gasteiger partial charge is 0.0615 e. The highest BCUT2D eigenvalue weighted by molar-refractivity contribution is 4.95. The molecule has 19 heavy (non-hydrogen) atoms. The lowest BCUT2D eigenvalue weighted by Crippen LogP contribution is -2.58. The van der Waals surface area contributed by atoms with E-state index in [1.165, 1.54) is 32.1 Å². The van der Waals surface area contributed by atoms with Crippen LogP contribution in [-0.2, 0) is 0 Å². The Bertz CT molecular complexity index is 281. The number of nitrogens with zero attached hydrogens (tertiary/aromatic N) is 1. The Kier molecular flexibility index (Phi) is 4.91. The number of hydrogen-bond acceptors (Lipinski definition) is 3. The van der Waals surface area contributed by atoms with Crippen molar-refractivity contribution < 1.29 is 5.11 Å². The molecule has 2 fully saturated rings. The Morgan fingerprint density at radius 1 is 1.16 bits per heavy atom. The van der Waals surface area contributed by atoms with E-state index in [0.717, 1.165) is 32.1 Å². The van der Waals surface area contributed by atoms with Gasteiger partial charge in [-0.25, -0.2) is 0 Å². The number of rotatable bonds is 2. The SMILES string of the molecule is CC(C)(C)C1CCCC(CO)(N2CCNCC2)CC1. The summed E-state index contributed by atoms with van der Waals surface area (Å²) in [5.41, 5.74) is 0.483. The largest absolute Gasteiger partial charge is 0.394 e. The molecule has 0 amide bonds. The highest BCUT2D eigenvalue weighted by atomic mass is 16.3. The van der Waals surface area contributed by atoms with E-state index < -0.39 is 0 Å². The Balaban J connectivity index is 2.05. The highest BCUT2D eigenvalue weighted by Gasteiger charge is 2.40. The van der Waals surface area contributed by atoms with Crippen LogP contribution in [0.5, 0.6) is 0 Å². The Labute approximate surface area is 118 Å². The maximum Gasteiger partial charge on any atom is 0.0615 e. The Morgan fingerprint density at radius 3 is 2.42 bits per heavy atom. The lowest BCUT2D eigenvalue weighted by Gasteiger charge is -2.45. The minimum absolute atomic E-state index is 0.0715. The predicted molar refractivity (Wildman–Crippen MR) is 80.3 cm³/mol. The van der Waals surface area contributed by atoms with Crippen LogP contribution in [0.25, 0.3) is 0 Å². The summed E-state index contributed by atoms with van der Waals surface area (Å²) in [7, 11) is 0. The maximum absolute atomic E-state index is 10.0. The van der Waals surface area contributed by atoms with E-state index in [2.05, 4.69) is 31.0 Å². The second-order valence-electron chi connectivity index (χ2n) is 7.61. The molecule has 1 heterocycles. The summed E-state index contributed by atoms with van der Waals surface area (Å²) in [6.07, 6.45) is 6.22. The van der Waals surface area contributed by atoms with Gasteiger partial charge in [0, 0.05) is 31.7 Å². The zero-order valence-corrected chi connectivity index (χ0v) is 13.0. The van der Waals surface area contributed by atoms with Gasteiger partial charge in [-0.1, -0.05) is 27.2 Å². The van der Waals surface area contributed by atoms with E-state index in [9.17, 15) is 5.11 Å². The van der Waals surface area contributed by atoms with Crippen LogP contribution in [0.3, 0.4) is 0 Å². The van der Waals surface area contributed by atoms with Crippen molar-refractivity contribution in [3.8, 4) is 0 Å². The lowest BCUT2D eigenvalue weighted by atomic mass is 9.76. The first-order valence-corrected chi connectivity index (χ1v) is 8.05. The van der Waals surface area contributed by atoms with Crippen LogP contribution in [0.15, 0.2) is 0 Å². The van der Waals surface area contributed by atoms with Gasteiger partial charge in [0.2, 0.25) is 0 Å². The first kappa shape index (κ1) is 15.3. The van der Waals surface area contributed by atoms with Gasteiger partial charge in [-0.2, -0.15) is 0 Å². The van der Waals surface area contributed by atoms with Crippen molar-refractivity contribution in [2.45, 2.75) is 58.4 Å². The van der Waals surface area contributed by atoms with Gasteiger partial charge in [0.15, 0.2) is 0 Å². The molecule has 2 rings (SSSR count). The molecule has 1 aliphatic carbocycles. The molecule has 112 valence electrons. The van der Waals surface area contributed by atoms with Crippen molar-refractivity contribution in [1.29, 1.82) is 0 Å². The van der Waals surface area contributed by atoms with Crippen molar-refractivity contribution in [1.82, 2.24) is 10.2 Å². The summed E-state index contributed by atoms with van der Waals surface area (Å²) in [5.74, 6) is 0.809. The summed E-state index contributed by atoms with van der Waals surface area (Å²) >= 11 is 0. The number of hydrogen-bond donors (Lipinski definition) is 2. The van der Waals surface area contributed by atoms with Crippen molar-refractivity contribution >= 4 is 0 Å². The van der Waals surface area contributed by atoms with Crippen LogP contribution in [0.2, 0.25) is 0 Å². The summed E-state index contributed by atoms with van der Waals surface area (Å²) in [6, 6.07) is 0. The second-order valence-corrected chi connectivity index (χ2v) is 7.61. The molecule has 1 saturated heterocycles. The number of aliphatic hydroxyl groups is 1. The second kappa shape index (κ2) is 6.11. The molecule has 0 aromatic heterocycles. The molecule has 0 aromatic carbocycles. The summed E-state index contributed by atoms with van der Waals surface area (Å²) < 4.78 is 0. The van der Waals surface area contributed by atoms with Crippen LogP contribution >= 0.6 is 0 Å².